The summed E-state index contributed by atoms with van der Waals surface area (Å²) >= 11 is 6.23. The number of carbonyl (C=O) groups excluding carboxylic acids is 1. The van der Waals surface area contributed by atoms with Gasteiger partial charge in [0.1, 0.15) is 0 Å². The summed E-state index contributed by atoms with van der Waals surface area (Å²) in [6.45, 7) is 0. The summed E-state index contributed by atoms with van der Waals surface area (Å²) in [7, 11) is 0. The molecule has 0 atom stereocenters. The molecule has 0 radical (unpaired) electrons. The van der Waals surface area contributed by atoms with Crippen molar-refractivity contribution < 1.29 is 9.72 Å². The van der Waals surface area contributed by atoms with Crippen molar-refractivity contribution in [1.29, 1.82) is 0 Å². The number of nitro benzene ring substituents is 1. The number of aryl methyl sites for hydroxylation is 2. The molecule has 25 heavy (non-hydrogen) atoms. The number of benzene rings is 3. The third kappa shape index (κ3) is 2.44. The predicted molar refractivity (Wildman–Crippen MR) is 97.7 cm³/mol. The number of non-ortho nitro benzene ring substituents is 1. The maximum atomic E-state index is 11.9. The van der Waals surface area contributed by atoms with E-state index in [2.05, 4.69) is 6.07 Å². The lowest BCUT2D eigenvalue weighted by Gasteiger charge is -2.21. The number of nitro groups is 1. The monoisotopic (exact) mass is 352 g/mol. The van der Waals surface area contributed by atoms with E-state index < -0.39 is 4.92 Å². The van der Waals surface area contributed by atoms with Crippen LogP contribution in [0.1, 0.15) is 11.1 Å². The molecule has 0 fully saturated rings. The molecule has 0 saturated heterocycles. The van der Waals surface area contributed by atoms with Crippen LogP contribution in [0, 0.1) is 10.1 Å². The van der Waals surface area contributed by atoms with E-state index in [9.17, 15) is 14.9 Å². The van der Waals surface area contributed by atoms with Crippen LogP contribution in [-0.2, 0) is 17.6 Å². The van der Waals surface area contributed by atoms with E-state index in [1.807, 2.05) is 24.3 Å². The maximum absolute atomic E-state index is 11.9. The Balaban J connectivity index is 1.95. The summed E-state index contributed by atoms with van der Waals surface area (Å²) < 4.78 is 0. The van der Waals surface area contributed by atoms with Crippen LogP contribution in [0.5, 0.6) is 0 Å². The molecule has 0 unspecified atom stereocenters. The Bertz CT molecular complexity index is 1020. The predicted octanol–water partition coefficient (Wildman–Crippen LogP) is 4.79. The summed E-state index contributed by atoms with van der Waals surface area (Å²) in [5.74, 6) is 0. The Kier molecular flexibility index (Phi) is 3.66. The molecule has 1 aliphatic carbocycles. The van der Waals surface area contributed by atoms with Crippen molar-refractivity contribution in [1.82, 2.24) is 0 Å². The second-order valence-corrected chi connectivity index (χ2v) is 6.36. The Morgan fingerprint density at radius 2 is 1.80 bits per heavy atom. The number of amides is 1. The summed E-state index contributed by atoms with van der Waals surface area (Å²) in [5.41, 5.74) is 3.36. The van der Waals surface area contributed by atoms with Gasteiger partial charge in [0.25, 0.3) is 5.69 Å². The zero-order chi connectivity index (χ0) is 17.6. The number of halogens is 1. The molecule has 5 nitrogen and oxygen atoms in total. The first-order chi connectivity index (χ1) is 12.1. The molecule has 0 bridgehead atoms. The highest BCUT2D eigenvalue weighted by Crippen LogP contribution is 2.40. The summed E-state index contributed by atoms with van der Waals surface area (Å²) in [4.78, 5) is 23.8. The van der Waals surface area contributed by atoms with Gasteiger partial charge in [-0.3, -0.25) is 19.8 Å². The molecule has 124 valence electrons. The lowest BCUT2D eigenvalue weighted by molar-refractivity contribution is -0.384. The Labute approximate surface area is 148 Å². The number of hydrogen-bond acceptors (Lipinski definition) is 3. The minimum atomic E-state index is -0.504. The van der Waals surface area contributed by atoms with Crippen LogP contribution in [-0.4, -0.2) is 11.3 Å². The van der Waals surface area contributed by atoms with Gasteiger partial charge in [-0.05, 0) is 41.5 Å². The highest BCUT2D eigenvalue weighted by molar-refractivity contribution is 6.34. The third-order valence-electron chi connectivity index (χ3n) is 4.62. The highest BCUT2D eigenvalue weighted by atomic mass is 35.5. The van der Waals surface area contributed by atoms with Crippen LogP contribution in [0.15, 0.2) is 48.5 Å². The molecular weight excluding hydrogens is 340 g/mol. The summed E-state index contributed by atoms with van der Waals surface area (Å²) in [6.07, 6.45) is 2.60. The molecular formula is C19H13ClN2O3. The van der Waals surface area contributed by atoms with E-state index >= 15 is 0 Å². The van der Waals surface area contributed by atoms with Crippen molar-refractivity contribution in [3.8, 4) is 0 Å². The van der Waals surface area contributed by atoms with Crippen LogP contribution in [0.2, 0.25) is 5.02 Å². The number of nitrogens with zero attached hydrogens (tertiary/aromatic N) is 2. The molecule has 0 aromatic heterocycles. The number of hydrogen-bond donors (Lipinski definition) is 0. The lowest BCUT2D eigenvalue weighted by atomic mass is 10.0. The van der Waals surface area contributed by atoms with Crippen molar-refractivity contribution in [2.75, 3.05) is 4.90 Å². The molecule has 0 saturated carbocycles. The van der Waals surface area contributed by atoms with Crippen molar-refractivity contribution in [3.05, 3.63) is 74.8 Å². The molecule has 4 rings (SSSR count). The fourth-order valence-electron chi connectivity index (χ4n) is 3.48. The molecule has 3 aromatic carbocycles. The third-order valence-corrected chi connectivity index (χ3v) is 4.94. The molecule has 1 aliphatic rings. The standard InChI is InChI=1S/C19H13ClN2O3/c20-16-8-7-14(22(24)25)10-18(16)21(11-23)17-9-6-13-5-4-12-2-1-3-15(17)19(12)13/h1-3,6-11H,4-5H2. The normalized spacial score (nSPS) is 12.4. The molecule has 0 spiro atoms. The van der Waals surface area contributed by atoms with E-state index in [0.29, 0.717) is 17.8 Å². The van der Waals surface area contributed by atoms with Crippen molar-refractivity contribution in [2.24, 2.45) is 0 Å². The minimum Gasteiger partial charge on any atom is -0.281 e. The first-order valence-corrected chi connectivity index (χ1v) is 8.20. The summed E-state index contributed by atoms with van der Waals surface area (Å²) in [5, 5.41) is 13.5. The average Bonchev–Trinajstić information content (AvgIpc) is 3.03. The van der Waals surface area contributed by atoms with Crippen LogP contribution >= 0.6 is 11.6 Å². The van der Waals surface area contributed by atoms with Crippen molar-refractivity contribution in [3.63, 3.8) is 0 Å². The van der Waals surface area contributed by atoms with Gasteiger partial charge in [-0.1, -0.05) is 35.9 Å². The maximum Gasteiger partial charge on any atom is 0.271 e. The Morgan fingerprint density at radius 1 is 1.04 bits per heavy atom. The van der Waals surface area contributed by atoms with Gasteiger partial charge in [0.05, 0.1) is 21.3 Å². The second-order valence-electron chi connectivity index (χ2n) is 5.95. The highest BCUT2D eigenvalue weighted by Gasteiger charge is 2.21. The molecule has 0 aliphatic heterocycles. The molecule has 3 aromatic rings. The van der Waals surface area contributed by atoms with E-state index in [4.69, 9.17) is 11.6 Å². The quantitative estimate of drug-likeness (QED) is 0.385. The van der Waals surface area contributed by atoms with Gasteiger partial charge in [-0.15, -0.1) is 0 Å². The molecule has 0 N–H and O–H groups in total. The minimum absolute atomic E-state index is 0.114. The smallest absolute Gasteiger partial charge is 0.271 e. The second kappa shape index (κ2) is 5.86. The van der Waals surface area contributed by atoms with E-state index in [-0.39, 0.29) is 10.7 Å². The van der Waals surface area contributed by atoms with Gasteiger partial charge in [-0.2, -0.15) is 0 Å². The molecule has 6 heteroatoms. The topological polar surface area (TPSA) is 63.5 Å². The van der Waals surface area contributed by atoms with E-state index in [1.165, 1.54) is 34.2 Å². The Hall–Kier alpha value is -2.92. The van der Waals surface area contributed by atoms with Gasteiger partial charge >= 0.3 is 0 Å². The van der Waals surface area contributed by atoms with Crippen molar-refractivity contribution >= 4 is 45.8 Å². The van der Waals surface area contributed by atoms with Gasteiger partial charge in [0, 0.05) is 17.5 Å². The fourth-order valence-corrected chi connectivity index (χ4v) is 3.69. The van der Waals surface area contributed by atoms with Gasteiger partial charge in [0.15, 0.2) is 0 Å². The van der Waals surface area contributed by atoms with Gasteiger partial charge < -0.3 is 0 Å². The van der Waals surface area contributed by atoms with E-state index in [1.54, 1.807) is 0 Å². The van der Waals surface area contributed by atoms with Crippen LogP contribution in [0.3, 0.4) is 0 Å². The average molecular weight is 353 g/mol. The van der Waals surface area contributed by atoms with Crippen molar-refractivity contribution in [2.45, 2.75) is 12.8 Å². The van der Waals surface area contributed by atoms with E-state index in [0.717, 1.165) is 23.6 Å². The number of anilines is 2. The molecule has 1 amide bonds. The zero-order valence-corrected chi connectivity index (χ0v) is 13.9. The first-order valence-electron chi connectivity index (χ1n) is 7.82. The van der Waals surface area contributed by atoms with Gasteiger partial charge in [0.2, 0.25) is 6.41 Å². The Morgan fingerprint density at radius 3 is 2.52 bits per heavy atom. The first kappa shape index (κ1) is 15.6. The number of rotatable bonds is 4. The summed E-state index contributed by atoms with van der Waals surface area (Å²) in [6, 6.07) is 14.0. The number of carbonyl (C=O) groups is 1. The largest absolute Gasteiger partial charge is 0.281 e. The lowest BCUT2D eigenvalue weighted by Crippen LogP contribution is -2.15. The SMILES string of the molecule is O=CN(c1cc([N+](=O)[O-])ccc1Cl)c1ccc2c3c(cccc13)CC2. The van der Waals surface area contributed by atoms with Crippen LogP contribution < -0.4 is 4.90 Å². The van der Waals surface area contributed by atoms with Crippen LogP contribution in [0.4, 0.5) is 17.1 Å². The van der Waals surface area contributed by atoms with Crippen LogP contribution in [0.25, 0.3) is 10.8 Å². The molecule has 0 heterocycles. The fraction of sp³-hybridized carbons (Fsp3) is 0.105. The van der Waals surface area contributed by atoms with Gasteiger partial charge in [-0.25, -0.2) is 0 Å². The zero-order valence-electron chi connectivity index (χ0n) is 13.1.